The molecule has 1 N–H and O–H groups in total. The number of benzene rings is 1. The minimum absolute atomic E-state index is 0.224. The van der Waals surface area contributed by atoms with Crippen molar-refractivity contribution in [1.29, 1.82) is 0 Å². The van der Waals surface area contributed by atoms with Crippen LogP contribution in [0.2, 0.25) is 0 Å². The lowest BCUT2D eigenvalue weighted by Gasteiger charge is -2.00. The largest absolute Gasteiger partial charge is 0.469 e. The number of esters is 1. The van der Waals surface area contributed by atoms with E-state index in [2.05, 4.69) is 14.7 Å². The molecule has 0 aliphatic heterocycles. The van der Waals surface area contributed by atoms with E-state index in [1.807, 2.05) is 25.1 Å². The van der Waals surface area contributed by atoms with E-state index in [-0.39, 0.29) is 12.4 Å². The Labute approximate surface area is 98.8 Å². The molecule has 1 aromatic heterocycles. The van der Waals surface area contributed by atoms with Gasteiger partial charge in [0.25, 0.3) is 6.01 Å². The molecular weight excluding hydrogens is 220 g/mol. The van der Waals surface area contributed by atoms with E-state index < -0.39 is 0 Å². The van der Waals surface area contributed by atoms with Crippen LogP contribution < -0.4 is 4.74 Å². The van der Waals surface area contributed by atoms with Crippen molar-refractivity contribution >= 4 is 17.0 Å². The molecule has 0 saturated heterocycles. The first-order valence-electron chi connectivity index (χ1n) is 5.41. The Hall–Kier alpha value is -2.04. The first-order chi connectivity index (χ1) is 8.24. The molecule has 0 bridgehead atoms. The number of fused-ring (bicyclic) bond motifs is 1. The molecule has 0 spiro atoms. The number of nitrogens with one attached hydrogen (secondary N) is 1. The molecule has 5 nitrogen and oxygen atoms in total. The first kappa shape index (κ1) is 11.4. The van der Waals surface area contributed by atoms with Gasteiger partial charge in [0.2, 0.25) is 0 Å². The number of para-hydroxylation sites is 1. The molecule has 90 valence electrons. The van der Waals surface area contributed by atoms with Gasteiger partial charge in [-0.1, -0.05) is 12.1 Å². The van der Waals surface area contributed by atoms with Gasteiger partial charge >= 0.3 is 5.97 Å². The van der Waals surface area contributed by atoms with Crippen LogP contribution in [0.3, 0.4) is 0 Å². The summed E-state index contributed by atoms with van der Waals surface area (Å²) in [6, 6.07) is 6.07. The Kier molecular flexibility index (Phi) is 3.27. The van der Waals surface area contributed by atoms with E-state index >= 15 is 0 Å². The van der Waals surface area contributed by atoms with Crippen LogP contribution in [-0.4, -0.2) is 29.7 Å². The van der Waals surface area contributed by atoms with Crippen LogP contribution in [0.5, 0.6) is 6.01 Å². The van der Waals surface area contributed by atoms with Gasteiger partial charge in [0.15, 0.2) is 0 Å². The quantitative estimate of drug-likeness (QED) is 0.817. The number of hydrogen-bond donors (Lipinski definition) is 1. The third-order valence-corrected chi connectivity index (χ3v) is 2.43. The summed E-state index contributed by atoms with van der Waals surface area (Å²) < 4.78 is 9.95. The molecule has 0 fully saturated rings. The number of imidazole rings is 1. The van der Waals surface area contributed by atoms with Crippen LogP contribution in [0.1, 0.15) is 12.5 Å². The number of nitrogens with zero attached hydrogens (tertiary/aromatic N) is 1. The Morgan fingerprint density at radius 2 is 2.29 bits per heavy atom. The number of aromatic nitrogens is 2. The van der Waals surface area contributed by atoms with Gasteiger partial charge in [0, 0.05) is 0 Å². The summed E-state index contributed by atoms with van der Waals surface area (Å²) in [5.74, 6) is -0.273. The van der Waals surface area contributed by atoms with Crippen LogP contribution in [-0.2, 0) is 16.0 Å². The molecule has 2 aromatic rings. The topological polar surface area (TPSA) is 64.2 Å². The number of aromatic amines is 1. The summed E-state index contributed by atoms with van der Waals surface area (Å²) in [6.45, 7) is 2.44. The molecule has 0 radical (unpaired) electrons. The molecule has 17 heavy (non-hydrogen) atoms. The van der Waals surface area contributed by atoms with Crippen molar-refractivity contribution < 1.29 is 14.3 Å². The summed E-state index contributed by atoms with van der Waals surface area (Å²) >= 11 is 0. The summed E-state index contributed by atoms with van der Waals surface area (Å²) in [7, 11) is 1.38. The highest BCUT2D eigenvalue weighted by atomic mass is 16.5. The van der Waals surface area contributed by atoms with Gasteiger partial charge < -0.3 is 14.5 Å². The number of carbonyl (C=O) groups excluding carboxylic acids is 1. The Morgan fingerprint density at radius 1 is 1.47 bits per heavy atom. The molecule has 1 heterocycles. The molecule has 0 saturated carbocycles. The molecule has 0 aliphatic rings. The fraction of sp³-hybridized carbons (Fsp3) is 0.333. The van der Waals surface area contributed by atoms with E-state index in [0.29, 0.717) is 12.6 Å². The normalized spacial score (nSPS) is 10.5. The number of ether oxygens (including phenoxy) is 2. The molecular formula is C12H14N2O3. The Balaban J connectivity index is 2.38. The van der Waals surface area contributed by atoms with E-state index in [9.17, 15) is 4.79 Å². The highest BCUT2D eigenvalue weighted by Gasteiger charge is 2.10. The zero-order valence-electron chi connectivity index (χ0n) is 9.82. The fourth-order valence-electron chi connectivity index (χ4n) is 1.65. The molecule has 0 amide bonds. The van der Waals surface area contributed by atoms with E-state index in [1.165, 1.54) is 7.11 Å². The van der Waals surface area contributed by atoms with Gasteiger partial charge in [-0.15, -0.1) is 0 Å². The molecule has 5 heteroatoms. The zero-order chi connectivity index (χ0) is 12.3. The second kappa shape index (κ2) is 4.86. The van der Waals surface area contributed by atoms with Crippen molar-refractivity contribution in [3.8, 4) is 6.01 Å². The third-order valence-electron chi connectivity index (χ3n) is 2.43. The first-order valence-corrected chi connectivity index (χ1v) is 5.41. The number of H-pyrrole nitrogens is 1. The van der Waals surface area contributed by atoms with Crippen LogP contribution in [0, 0.1) is 0 Å². The Morgan fingerprint density at radius 3 is 3.00 bits per heavy atom. The second-order valence-electron chi connectivity index (χ2n) is 3.54. The maximum Gasteiger partial charge on any atom is 0.310 e. The van der Waals surface area contributed by atoms with Crippen LogP contribution in [0.4, 0.5) is 0 Å². The van der Waals surface area contributed by atoms with Crippen molar-refractivity contribution in [2.75, 3.05) is 13.7 Å². The summed E-state index contributed by atoms with van der Waals surface area (Å²) in [5, 5.41) is 0. The van der Waals surface area contributed by atoms with Gasteiger partial charge in [0.1, 0.15) is 0 Å². The minimum atomic E-state index is -0.273. The van der Waals surface area contributed by atoms with E-state index in [4.69, 9.17) is 4.74 Å². The molecule has 0 aliphatic carbocycles. The molecule has 0 unspecified atom stereocenters. The number of rotatable bonds is 4. The SMILES string of the molecule is CCOc1nc2cccc(CC(=O)OC)c2[nH]1. The monoisotopic (exact) mass is 234 g/mol. The minimum Gasteiger partial charge on any atom is -0.469 e. The molecule has 0 atom stereocenters. The number of methoxy groups -OCH3 is 1. The smallest absolute Gasteiger partial charge is 0.310 e. The van der Waals surface area contributed by atoms with Gasteiger partial charge in [-0.3, -0.25) is 4.79 Å². The third kappa shape index (κ3) is 2.38. The average molecular weight is 234 g/mol. The van der Waals surface area contributed by atoms with E-state index in [1.54, 1.807) is 0 Å². The fourth-order valence-corrected chi connectivity index (χ4v) is 1.65. The highest BCUT2D eigenvalue weighted by Crippen LogP contribution is 2.20. The van der Waals surface area contributed by atoms with Gasteiger partial charge in [-0.2, -0.15) is 4.98 Å². The summed E-state index contributed by atoms with van der Waals surface area (Å²) in [6.07, 6.45) is 0.224. The lowest BCUT2D eigenvalue weighted by molar-refractivity contribution is -0.139. The van der Waals surface area contributed by atoms with Crippen molar-refractivity contribution in [3.05, 3.63) is 23.8 Å². The van der Waals surface area contributed by atoms with Crippen molar-refractivity contribution in [2.24, 2.45) is 0 Å². The average Bonchev–Trinajstić information content (AvgIpc) is 2.73. The number of hydrogen-bond acceptors (Lipinski definition) is 4. The van der Waals surface area contributed by atoms with Crippen LogP contribution in [0.25, 0.3) is 11.0 Å². The summed E-state index contributed by atoms with van der Waals surface area (Å²) in [5.41, 5.74) is 2.46. The maximum absolute atomic E-state index is 11.3. The van der Waals surface area contributed by atoms with Crippen molar-refractivity contribution in [1.82, 2.24) is 9.97 Å². The van der Waals surface area contributed by atoms with Crippen molar-refractivity contribution in [3.63, 3.8) is 0 Å². The maximum atomic E-state index is 11.3. The van der Waals surface area contributed by atoms with Gasteiger partial charge in [0.05, 0.1) is 31.2 Å². The van der Waals surface area contributed by atoms with Crippen LogP contribution >= 0.6 is 0 Å². The van der Waals surface area contributed by atoms with Crippen molar-refractivity contribution in [2.45, 2.75) is 13.3 Å². The van der Waals surface area contributed by atoms with Gasteiger partial charge in [-0.05, 0) is 18.6 Å². The van der Waals surface area contributed by atoms with Crippen LogP contribution in [0.15, 0.2) is 18.2 Å². The predicted molar refractivity (Wildman–Crippen MR) is 63.0 cm³/mol. The summed E-state index contributed by atoms with van der Waals surface area (Å²) in [4.78, 5) is 18.6. The Bertz CT molecular complexity index is 534. The second-order valence-corrected chi connectivity index (χ2v) is 3.54. The van der Waals surface area contributed by atoms with E-state index in [0.717, 1.165) is 16.6 Å². The molecule has 2 rings (SSSR count). The number of carbonyl (C=O) groups is 1. The highest BCUT2D eigenvalue weighted by molar-refractivity contribution is 5.84. The lowest BCUT2D eigenvalue weighted by Crippen LogP contribution is -2.04. The standard InChI is InChI=1S/C12H14N2O3/c1-3-17-12-13-9-6-4-5-8(11(9)14-12)7-10(15)16-2/h4-6H,3,7H2,1-2H3,(H,13,14). The predicted octanol–water partition coefficient (Wildman–Crippen LogP) is 1.68. The van der Waals surface area contributed by atoms with Gasteiger partial charge in [-0.25, -0.2) is 0 Å². The lowest BCUT2D eigenvalue weighted by atomic mass is 10.1. The molecule has 1 aromatic carbocycles. The zero-order valence-corrected chi connectivity index (χ0v) is 9.82.